The van der Waals surface area contributed by atoms with Crippen LogP contribution in [0.15, 0.2) is 36.4 Å². The molecule has 7 nitrogen and oxygen atoms in total. The normalized spacial score (nSPS) is 12.9. The Labute approximate surface area is 177 Å². The molecule has 7 heteroatoms. The van der Waals surface area contributed by atoms with E-state index in [1.807, 2.05) is 49.1 Å². The van der Waals surface area contributed by atoms with Crippen molar-refractivity contribution in [2.45, 2.75) is 33.2 Å². The lowest BCUT2D eigenvalue weighted by Crippen LogP contribution is -2.38. The zero-order valence-electron chi connectivity index (χ0n) is 18.0. The van der Waals surface area contributed by atoms with Gasteiger partial charge in [-0.3, -0.25) is 4.79 Å². The highest BCUT2D eigenvalue weighted by atomic mass is 16.5. The van der Waals surface area contributed by atoms with Gasteiger partial charge in [0.25, 0.3) is 0 Å². The van der Waals surface area contributed by atoms with Crippen LogP contribution in [0.1, 0.15) is 31.4 Å². The van der Waals surface area contributed by atoms with Crippen LogP contribution in [0.25, 0.3) is 0 Å². The number of anilines is 2. The van der Waals surface area contributed by atoms with Gasteiger partial charge in [0.15, 0.2) is 11.5 Å². The van der Waals surface area contributed by atoms with E-state index >= 15 is 0 Å². The summed E-state index contributed by atoms with van der Waals surface area (Å²) in [5.41, 5.74) is 3.62. The number of urea groups is 1. The molecule has 0 radical (unpaired) electrons. The molecule has 0 fully saturated rings. The zero-order valence-corrected chi connectivity index (χ0v) is 18.0. The summed E-state index contributed by atoms with van der Waals surface area (Å²) in [6.45, 7) is 4.92. The molecule has 0 saturated heterocycles. The van der Waals surface area contributed by atoms with E-state index in [9.17, 15) is 9.59 Å². The number of methoxy groups -OCH3 is 2. The number of carbonyl (C=O) groups is 2. The average molecular weight is 412 g/mol. The van der Waals surface area contributed by atoms with Crippen LogP contribution in [0.3, 0.4) is 0 Å². The van der Waals surface area contributed by atoms with Crippen LogP contribution in [-0.2, 0) is 17.8 Å². The molecule has 2 aromatic carbocycles. The number of carbonyl (C=O) groups excluding carboxylic acids is 2. The number of ether oxygens (including phenoxy) is 2. The summed E-state index contributed by atoms with van der Waals surface area (Å²) in [4.78, 5) is 26.7. The number of hydrogen-bond donors (Lipinski definition) is 2. The van der Waals surface area contributed by atoms with Crippen molar-refractivity contribution in [2.24, 2.45) is 5.92 Å². The van der Waals surface area contributed by atoms with E-state index in [0.717, 1.165) is 36.2 Å². The van der Waals surface area contributed by atoms with Crippen molar-refractivity contribution in [3.8, 4) is 11.5 Å². The summed E-state index contributed by atoms with van der Waals surface area (Å²) in [7, 11) is 3.16. The molecule has 3 rings (SSSR count). The van der Waals surface area contributed by atoms with Gasteiger partial charge in [-0.05, 0) is 54.3 Å². The number of rotatable bonds is 6. The van der Waals surface area contributed by atoms with Gasteiger partial charge >= 0.3 is 6.03 Å². The first-order valence-corrected chi connectivity index (χ1v) is 10.1. The highest BCUT2D eigenvalue weighted by molar-refractivity contribution is 5.96. The SMILES string of the molecule is COc1ccc(CNC(=O)Nc2ccc3c(c2)CCCN3C(=O)C(C)C)cc1OC. The molecule has 0 aliphatic carbocycles. The van der Waals surface area contributed by atoms with Crippen molar-refractivity contribution in [2.75, 3.05) is 31.0 Å². The van der Waals surface area contributed by atoms with Gasteiger partial charge in [-0.2, -0.15) is 0 Å². The third-order valence-electron chi connectivity index (χ3n) is 5.12. The maximum Gasteiger partial charge on any atom is 0.319 e. The summed E-state index contributed by atoms with van der Waals surface area (Å²) in [5, 5.41) is 5.72. The molecule has 0 atom stereocenters. The van der Waals surface area contributed by atoms with E-state index in [1.165, 1.54) is 0 Å². The van der Waals surface area contributed by atoms with Crippen LogP contribution < -0.4 is 25.0 Å². The predicted octanol–water partition coefficient (Wildman–Crippen LogP) is 3.96. The van der Waals surface area contributed by atoms with Crippen LogP contribution in [0.5, 0.6) is 11.5 Å². The summed E-state index contributed by atoms with van der Waals surface area (Å²) < 4.78 is 10.5. The standard InChI is InChI=1S/C23H29N3O4/c1-15(2)22(27)26-11-5-6-17-13-18(8-9-19(17)26)25-23(28)24-14-16-7-10-20(29-3)21(12-16)30-4/h7-10,12-13,15H,5-6,11,14H2,1-4H3,(H2,24,25,28). The van der Waals surface area contributed by atoms with E-state index in [1.54, 1.807) is 20.3 Å². The van der Waals surface area contributed by atoms with Crippen molar-refractivity contribution in [3.05, 3.63) is 47.5 Å². The maximum absolute atomic E-state index is 12.5. The van der Waals surface area contributed by atoms with Crippen LogP contribution in [0.2, 0.25) is 0 Å². The molecule has 1 aliphatic heterocycles. The third-order valence-corrected chi connectivity index (χ3v) is 5.12. The average Bonchev–Trinajstić information content (AvgIpc) is 2.76. The molecule has 1 aliphatic rings. The minimum absolute atomic E-state index is 0.0453. The summed E-state index contributed by atoms with van der Waals surface area (Å²) >= 11 is 0. The van der Waals surface area contributed by atoms with Crippen molar-refractivity contribution >= 4 is 23.3 Å². The highest BCUT2D eigenvalue weighted by Gasteiger charge is 2.24. The molecule has 30 heavy (non-hydrogen) atoms. The topological polar surface area (TPSA) is 79.9 Å². The van der Waals surface area contributed by atoms with Gasteiger partial charge in [0.2, 0.25) is 5.91 Å². The van der Waals surface area contributed by atoms with Crippen molar-refractivity contribution in [3.63, 3.8) is 0 Å². The lowest BCUT2D eigenvalue weighted by Gasteiger charge is -2.31. The lowest BCUT2D eigenvalue weighted by molar-refractivity contribution is -0.121. The van der Waals surface area contributed by atoms with Crippen LogP contribution in [0, 0.1) is 5.92 Å². The van der Waals surface area contributed by atoms with E-state index in [2.05, 4.69) is 10.6 Å². The van der Waals surface area contributed by atoms with Gasteiger partial charge in [-0.1, -0.05) is 19.9 Å². The molecule has 2 N–H and O–H groups in total. The van der Waals surface area contributed by atoms with E-state index in [0.29, 0.717) is 23.7 Å². The Balaban J connectivity index is 1.63. The summed E-state index contributed by atoms with van der Waals surface area (Å²) in [5.74, 6) is 1.34. The fraction of sp³-hybridized carbons (Fsp3) is 0.391. The smallest absolute Gasteiger partial charge is 0.319 e. The number of nitrogens with one attached hydrogen (secondary N) is 2. The quantitative estimate of drug-likeness (QED) is 0.754. The predicted molar refractivity (Wildman–Crippen MR) is 117 cm³/mol. The van der Waals surface area contributed by atoms with Gasteiger partial charge < -0.3 is 25.0 Å². The first-order valence-electron chi connectivity index (χ1n) is 10.1. The summed E-state index contributed by atoms with van der Waals surface area (Å²) in [6.07, 6.45) is 1.81. The number of nitrogens with zero attached hydrogens (tertiary/aromatic N) is 1. The summed E-state index contributed by atoms with van der Waals surface area (Å²) in [6, 6.07) is 10.9. The molecule has 0 unspecified atom stereocenters. The zero-order chi connectivity index (χ0) is 21.7. The van der Waals surface area contributed by atoms with Gasteiger partial charge in [-0.15, -0.1) is 0 Å². The second-order valence-corrected chi connectivity index (χ2v) is 7.59. The molecular weight excluding hydrogens is 382 g/mol. The van der Waals surface area contributed by atoms with Crippen molar-refractivity contribution < 1.29 is 19.1 Å². The molecule has 1 heterocycles. The van der Waals surface area contributed by atoms with Crippen molar-refractivity contribution in [1.29, 1.82) is 0 Å². The van der Waals surface area contributed by atoms with Gasteiger partial charge in [0.05, 0.1) is 14.2 Å². The Morgan fingerprint density at radius 2 is 1.83 bits per heavy atom. The molecule has 160 valence electrons. The van der Waals surface area contributed by atoms with Gasteiger partial charge in [0.1, 0.15) is 0 Å². The minimum atomic E-state index is -0.296. The van der Waals surface area contributed by atoms with E-state index in [-0.39, 0.29) is 17.9 Å². The molecule has 3 amide bonds. The van der Waals surface area contributed by atoms with E-state index in [4.69, 9.17) is 9.47 Å². The first-order chi connectivity index (χ1) is 14.4. The first kappa shape index (κ1) is 21.5. The number of amides is 3. The Kier molecular flexibility index (Phi) is 6.82. The number of hydrogen-bond acceptors (Lipinski definition) is 4. The Morgan fingerprint density at radius 3 is 2.53 bits per heavy atom. The second kappa shape index (κ2) is 9.52. The molecule has 0 aromatic heterocycles. The molecule has 0 spiro atoms. The van der Waals surface area contributed by atoms with E-state index < -0.39 is 0 Å². The van der Waals surface area contributed by atoms with Gasteiger partial charge in [0, 0.05) is 30.4 Å². The number of benzene rings is 2. The Bertz CT molecular complexity index is 927. The molecule has 2 aromatic rings. The van der Waals surface area contributed by atoms with Gasteiger partial charge in [-0.25, -0.2) is 4.79 Å². The highest BCUT2D eigenvalue weighted by Crippen LogP contribution is 2.31. The molecule has 0 bridgehead atoms. The van der Waals surface area contributed by atoms with Crippen LogP contribution in [0.4, 0.5) is 16.2 Å². The number of fused-ring (bicyclic) bond motifs is 1. The third kappa shape index (κ3) is 4.84. The molecule has 0 saturated carbocycles. The number of aryl methyl sites for hydroxylation is 1. The second-order valence-electron chi connectivity index (χ2n) is 7.59. The van der Waals surface area contributed by atoms with Crippen molar-refractivity contribution in [1.82, 2.24) is 5.32 Å². The van der Waals surface area contributed by atoms with Crippen LogP contribution >= 0.6 is 0 Å². The fourth-order valence-corrected chi connectivity index (χ4v) is 3.56. The minimum Gasteiger partial charge on any atom is -0.493 e. The fourth-order valence-electron chi connectivity index (χ4n) is 3.56. The maximum atomic E-state index is 12.5. The van der Waals surface area contributed by atoms with Crippen LogP contribution in [-0.4, -0.2) is 32.7 Å². The largest absolute Gasteiger partial charge is 0.493 e. The molecular formula is C23H29N3O4. The monoisotopic (exact) mass is 411 g/mol. The Morgan fingerprint density at radius 1 is 1.07 bits per heavy atom. The lowest BCUT2D eigenvalue weighted by atomic mass is 9.99. The Hall–Kier alpha value is -3.22.